The summed E-state index contributed by atoms with van der Waals surface area (Å²) in [7, 11) is 3.10. The van der Waals surface area contributed by atoms with Crippen LogP contribution in [0.5, 0.6) is 11.5 Å². The van der Waals surface area contributed by atoms with Crippen LogP contribution in [0.4, 0.5) is 11.6 Å². The maximum atomic E-state index is 12.5. The molecule has 3 rings (SSSR count). The summed E-state index contributed by atoms with van der Waals surface area (Å²) < 4.78 is 10.6. The zero-order chi connectivity index (χ0) is 19.9. The molecule has 0 radical (unpaired) electrons. The number of nitrogens with zero attached hydrogens (tertiary/aromatic N) is 3. The lowest BCUT2D eigenvalue weighted by molar-refractivity contribution is -0.126. The summed E-state index contributed by atoms with van der Waals surface area (Å²) in [5, 5.41) is 5.86. The minimum atomic E-state index is -0.420. The smallest absolute Gasteiger partial charge is 0.227 e. The van der Waals surface area contributed by atoms with Gasteiger partial charge in [-0.3, -0.25) is 9.59 Å². The van der Waals surface area contributed by atoms with Gasteiger partial charge in [0.15, 0.2) is 0 Å². The summed E-state index contributed by atoms with van der Waals surface area (Å²) in [5.41, 5.74) is 0.602. The second-order valence-corrected chi connectivity index (χ2v) is 6.23. The van der Waals surface area contributed by atoms with E-state index in [2.05, 4.69) is 20.6 Å². The number of aromatic nitrogens is 2. The van der Waals surface area contributed by atoms with E-state index >= 15 is 0 Å². The molecule has 2 heterocycles. The zero-order valence-electron chi connectivity index (χ0n) is 15.8. The third-order valence-electron chi connectivity index (χ3n) is 4.45. The maximum Gasteiger partial charge on any atom is 0.227 e. The molecule has 1 aromatic heterocycles. The third-order valence-corrected chi connectivity index (χ3v) is 4.45. The van der Waals surface area contributed by atoms with Crippen LogP contribution < -0.4 is 25.0 Å². The molecule has 1 fully saturated rings. The first-order valence-corrected chi connectivity index (χ1v) is 8.93. The molecule has 9 nitrogen and oxygen atoms in total. The fourth-order valence-electron chi connectivity index (χ4n) is 3.02. The first kappa shape index (κ1) is 19.4. The van der Waals surface area contributed by atoms with E-state index in [1.807, 2.05) is 0 Å². The molecule has 1 aliphatic rings. The van der Waals surface area contributed by atoms with Gasteiger partial charge in [0.2, 0.25) is 17.8 Å². The van der Waals surface area contributed by atoms with Gasteiger partial charge in [0.25, 0.3) is 0 Å². The van der Waals surface area contributed by atoms with Crippen molar-refractivity contribution in [1.82, 2.24) is 15.3 Å². The fourth-order valence-corrected chi connectivity index (χ4v) is 3.02. The van der Waals surface area contributed by atoms with Crippen LogP contribution >= 0.6 is 0 Å². The highest BCUT2D eigenvalue weighted by Crippen LogP contribution is 2.36. The molecule has 9 heteroatoms. The number of benzene rings is 1. The van der Waals surface area contributed by atoms with E-state index < -0.39 is 5.92 Å². The van der Waals surface area contributed by atoms with Gasteiger partial charge < -0.3 is 25.0 Å². The summed E-state index contributed by atoms with van der Waals surface area (Å²) in [6.07, 6.45) is 3.43. The van der Waals surface area contributed by atoms with Crippen molar-refractivity contribution in [1.29, 1.82) is 0 Å². The molecular weight excluding hydrogens is 362 g/mol. The molecule has 0 saturated carbocycles. The average Bonchev–Trinajstić information content (AvgIpc) is 3.13. The molecule has 148 valence electrons. The van der Waals surface area contributed by atoms with Crippen molar-refractivity contribution in [3.05, 3.63) is 36.7 Å². The normalized spacial score (nSPS) is 16.0. The van der Waals surface area contributed by atoms with Crippen molar-refractivity contribution in [2.45, 2.75) is 6.42 Å². The summed E-state index contributed by atoms with van der Waals surface area (Å²) in [6.45, 7) is 1.19. The Morgan fingerprint density at radius 2 is 2.00 bits per heavy atom. The molecule has 1 atom stereocenters. The highest BCUT2D eigenvalue weighted by Gasteiger charge is 2.36. The van der Waals surface area contributed by atoms with Gasteiger partial charge in [-0.05, 0) is 18.2 Å². The van der Waals surface area contributed by atoms with Crippen LogP contribution in [0.15, 0.2) is 36.7 Å². The summed E-state index contributed by atoms with van der Waals surface area (Å²) in [6, 6.07) is 6.97. The Labute approximate surface area is 163 Å². The number of methoxy groups -OCH3 is 2. The largest absolute Gasteiger partial charge is 0.497 e. The van der Waals surface area contributed by atoms with E-state index in [4.69, 9.17) is 9.47 Å². The number of carbonyl (C=O) groups excluding carboxylic acids is 2. The fraction of sp³-hybridized carbons (Fsp3) is 0.368. The average molecular weight is 385 g/mol. The van der Waals surface area contributed by atoms with Crippen LogP contribution in [-0.2, 0) is 9.59 Å². The molecule has 0 bridgehead atoms. The van der Waals surface area contributed by atoms with Crippen molar-refractivity contribution >= 4 is 23.5 Å². The second kappa shape index (κ2) is 9.03. The van der Waals surface area contributed by atoms with Gasteiger partial charge in [0.05, 0.1) is 25.8 Å². The van der Waals surface area contributed by atoms with Crippen molar-refractivity contribution in [3.63, 3.8) is 0 Å². The third kappa shape index (κ3) is 4.48. The number of amides is 2. The number of hydrogen-bond acceptors (Lipinski definition) is 7. The van der Waals surface area contributed by atoms with Crippen LogP contribution in [0.3, 0.4) is 0 Å². The topological polar surface area (TPSA) is 106 Å². The van der Waals surface area contributed by atoms with Crippen molar-refractivity contribution in [2.24, 2.45) is 5.92 Å². The van der Waals surface area contributed by atoms with Gasteiger partial charge in [-0.25, -0.2) is 9.97 Å². The van der Waals surface area contributed by atoms with Gasteiger partial charge in [-0.1, -0.05) is 0 Å². The first-order chi connectivity index (χ1) is 13.6. The van der Waals surface area contributed by atoms with Gasteiger partial charge in [-0.15, -0.1) is 0 Å². The predicted molar refractivity (Wildman–Crippen MR) is 104 cm³/mol. The number of hydrogen-bond donors (Lipinski definition) is 2. The number of rotatable bonds is 8. The Morgan fingerprint density at radius 3 is 2.71 bits per heavy atom. The number of anilines is 2. The van der Waals surface area contributed by atoms with E-state index in [9.17, 15) is 9.59 Å². The Kier molecular flexibility index (Phi) is 6.25. The molecule has 1 aromatic carbocycles. The quantitative estimate of drug-likeness (QED) is 0.655. The second-order valence-electron chi connectivity index (χ2n) is 6.23. The molecule has 0 aliphatic carbocycles. The lowest BCUT2D eigenvalue weighted by Crippen LogP contribution is -2.35. The molecule has 28 heavy (non-hydrogen) atoms. The van der Waals surface area contributed by atoms with E-state index in [-0.39, 0.29) is 18.2 Å². The number of ether oxygens (including phenoxy) is 2. The minimum Gasteiger partial charge on any atom is -0.497 e. The Morgan fingerprint density at radius 1 is 1.21 bits per heavy atom. The predicted octanol–water partition coefficient (Wildman–Crippen LogP) is 1.07. The zero-order valence-corrected chi connectivity index (χ0v) is 15.8. The molecule has 2 N–H and O–H groups in total. The van der Waals surface area contributed by atoms with Gasteiger partial charge in [0, 0.05) is 44.5 Å². The lowest BCUT2D eigenvalue weighted by Gasteiger charge is -2.20. The van der Waals surface area contributed by atoms with Gasteiger partial charge in [-0.2, -0.15) is 0 Å². The minimum absolute atomic E-state index is 0.123. The molecule has 1 unspecified atom stereocenters. The lowest BCUT2D eigenvalue weighted by atomic mass is 10.1. The molecule has 2 aromatic rings. The molecule has 1 aliphatic heterocycles. The maximum absolute atomic E-state index is 12.5. The molecular formula is C19H23N5O4. The van der Waals surface area contributed by atoms with Crippen LogP contribution in [-0.4, -0.2) is 55.6 Å². The van der Waals surface area contributed by atoms with Gasteiger partial charge in [0.1, 0.15) is 11.5 Å². The highest BCUT2D eigenvalue weighted by atomic mass is 16.5. The standard InChI is InChI=1S/C19H23N5O4/c1-27-14-4-5-16(28-2)15(11-14)24-12-13(10-17(24)25)18(26)20-8-9-23-19-21-6-3-7-22-19/h3-7,11,13H,8-10,12H2,1-2H3,(H,20,26)(H,21,22,23). The highest BCUT2D eigenvalue weighted by molar-refractivity contribution is 6.01. The SMILES string of the molecule is COc1ccc(OC)c(N2CC(C(=O)NCCNc3ncccn3)CC2=O)c1. The Hall–Kier alpha value is -3.36. The molecule has 1 saturated heterocycles. The van der Waals surface area contributed by atoms with E-state index in [1.54, 1.807) is 55.8 Å². The van der Waals surface area contributed by atoms with E-state index in [1.165, 1.54) is 0 Å². The van der Waals surface area contributed by atoms with Crippen LogP contribution in [0.2, 0.25) is 0 Å². The van der Waals surface area contributed by atoms with E-state index in [0.717, 1.165) is 0 Å². The first-order valence-electron chi connectivity index (χ1n) is 8.93. The van der Waals surface area contributed by atoms with Crippen molar-refractivity contribution in [3.8, 4) is 11.5 Å². The van der Waals surface area contributed by atoms with Crippen LogP contribution in [0, 0.1) is 5.92 Å². The number of carbonyl (C=O) groups is 2. The molecule has 0 spiro atoms. The summed E-state index contributed by atoms with van der Waals surface area (Å²) >= 11 is 0. The molecule has 2 amide bonds. The van der Waals surface area contributed by atoms with Crippen LogP contribution in [0.1, 0.15) is 6.42 Å². The van der Waals surface area contributed by atoms with Gasteiger partial charge >= 0.3 is 0 Å². The van der Waals surface area contributed by atoms with Crippen molar-refractivity contribution < 1.29 is 19.1 Å². The Balaban J connectivity index is 1.56. The Bertz CT molecular complexity index is 830. The van der Waals surface area contributed by atoms with Crippen LogP contribution in [0.25, 0.3) is 0 Å². The van der Waals surface area contributed by atoms with Crippen molar-refractivity contribution in [2.75, 3.05) is 44.1 Å². The monoisotopic (exact) mass is 385 g/mol. The number of nitrogens with one attached hydrogen (secondary N) is 2. The summed E-state index contributed by atoms with van der Waals surface area (Å²) in [5.74, 6) is 0.976. The summed E-state index contributed by atoms with van der Waals surface area (Å²) in [4.78, 5) is 34.6. The van der Waals surface area contributed by atoms with E-state index in [0.29, 0.717) is 42.8 Å².